The van der Waals surface area contributed by atoms with Gasteiger partial charge in [-0.1, -0.05) is 43.6 Å². The van der Waals surface area contributed by atoms with Crippen LogP contribution in [-0.4, -0.2) is 23.1 Å². The van der Waals surface area contributed by atoms with Crippen molar-refractivity contribution in [1.29, 1.82) is 0 Å². The van der Waals surface area contributed by atoms with Crippen molar-refractivity contribution in [3.8, 4) is 0 Å². The SMILES string of the molecule is CC(C)CC(CN)NC(=O)c1ccc(=O)n(Cc2ccccc2Cl)c1.Cl. The van der Waals surface area contributed by atoms with Crippen molar-refractivity contribution in [3.63, 3.8) is 0 Å². The molecule has 0 aliphatic rings. The second-order valence-corrected chi connectivity index (χ2v) is 6.92. The second kappa shape index (κ2) is 10.4. The van der Waals surface area contributed by atoms with Crippen molar-refractivity contribution >= 4 is 29.9 Å². The number of nitrogens with two attached hydrogens (primary N) is 1. The monoisotopic (exact) mass is 397 g/mol. The highest BCUT2D eigenvalue weighted by Crippen LogP contribution is 2.15. The first-order chi connectivity index (χ1) is 11.9. The predicted octanol–water partition coefficient (Wildman–Crippen LogP) is 3.08. The molecular formula is C19H25Cl2N3O2. The quantitative estimate of drug-likeness (QED) is 0.753. The van der Waals surface area contributed by atoms with Gasteiger partial charge in [0.25, 0.3) is 11.5 Å². The fourth-order valence-electron chi connectivity index (χ4n) is 2.65. The maximum Gasteiger partial charge on any atom is 0.253 e. The van der Waals surface area contributed by atoms with Crippen LogP contribution in [0.1, 0.15) is 36.2 Å². The summed E-state index contributed by atoms with van der Waals surface area (Å²) in [6.07, 6.45) is 2.37. The molecule has 2 rings (SSSR count). The number of nitrogens with zero attached hydrogens (tertiary/aromatic N) is 1. The lowest BCUT2D eigenvalue weighted by atomic mass is 10.0. The highest BCUT2D eigenvalue weighted by Gasteiger charge is 2.15. The fourth-order valence-corrected chi connectivity index (χ4v) is 2.85. The molecule has 142 valence electrons. The van der Waals surface area contributed by atoms with Crippen LogP contribution in [0.15, 0.2) is 47.4 Å². The molecule has 1 heterocycles. The zero-order valence-corrected chi connectivity index (χ0v) is 16.5. The first-order valence-corrected chi connectivity index (χ1v) is 8.73. The standard InChI is InChI=1S/C19H24ClN3O2.ClH/c1-13(2)9-16(10-21)22-19(25)15-7-8-18(24)23(12-15)11-14-5-3-4-6-17(14)20;/h3-8,12-13,16H,9-11,21H2,1-2H3,(H,22,25);1H. The number of hydrogen-bond donors (Lipinski definition) is 2. The van der Waals surface area contributed by atoms with Gasteiger partial charge in [0.1, 0.15) is 0 Å². The molecule has 0 saturated carbocycles. The smallest absolute Gasteiger partial charge is 0.253 e. The van der Waals surface area contributed by atoms with E-state index >= 15 is 0 Å². The summed E-state index contributed by atoms with van der Waals surface area (Å²) in [6, 6.07) is 10.2. The van der Waals surface area contributed by atoms with Crippen LogP contribution in [0.5, 0.6) is 0 Å². The molecular weight excluding hydrogens is 373 g/mol. The maximum atomic E-state index is 12.5. The molecule has 0 spiro atoms. The number of rotatable bonds is 7. The lowest BCUT2D eigenvalue weighted by Gasteiger charge is -2.19. The highest BCUT2D eigenvalue weighted by molar-refractivity contribution is 6.31. The molecule has 1 unspecified atom stereocenters. The van der Waals surface area contributed by atoms with E-state index in [-0.39, 0.29) is 29.9 Å². The van der Waals surface area contributed by atoms with Gasteiger partial charge in [0.15, 0.2) is 0 Å². The molecule has 0 aliphatic carbocycles. The molecule has 0 bridgehead atoms. The van der Waals surface area contributed by atoms with Crippen molar-refractivity contribution in [2.75, 3.05) is 6.54 Å². The average Bonchev–Trinajstić information content (AvgIpc) is 2.57. The van der Waals surface area contributed by atoms with Gasteiger partial charge >= 0.3 is 0 Å². The van der Waals surface area contributed by atoms with E-state index in [1.807, 2.05) is 18.2 Å². The van der Waals surface area contributed by atoms with Gasteiger partial charge in [0.2, 0.25) is 0 Å². The number of amides is 1. The predicted molar refractivity (Wildman–Crippen MR) is 108 cm³/mol. The Hall–Kier alpha value is -1.82. The third-order valence-corrected chi connectivity index (χ3v) is 4.29. The Kier molecular flexibility index (Phi) is 8.85. The lowest BCUT2D eigenvalue weighted by Crippen LogP contribution is -2.41. The largest absolute Gasteiger partial charge is 0.348 e. The normalized spacial score (nSPS) is 11.7. The molecule has 26 heavy (non-hydrogen) atoms. The van der Waals surface area contributed by atoms with Crippen LogP contribution in [0, 0.1) is 5.92 Å². The lowest BCUT2D eigenvalue weighted by molar-refractivity contribution is 0.0933. The van der Waals surface area contributed by atoms with Crippen molar-refractivity contribution in [2.45, 2.75) is 32.9 Å². The molecule has 1 atom stereocenters. The van der Waals surface area contributed by atoms with E-state index in [0.29, 0.717) is 29.6 Å². The van der Waals surface area contributed by atoms with Crippen LogP contribution in [0.2, 0.25) is 5.02 Å². The summed E-state index contributed by atoms with van der Waals surface area (Å²) in [7, 11) is 0. The second-order valence-electron chi connectivity index (χ2n) is 6.51. The number of pyridine rings is 1. The van der Waals surface area contributed by atoms with Gasteiger partial charge in [-0.05, 0) is 30.0 Å². The number of halogens is 2. The van der Waals surface area contributed by atoms with E-state index < -0.39 is 0 Å². The number of hydrogen-bond acceptors (Lipinski definition) is 3. The van der Waals surface area contributed by atoms with Crippen molar-refractivity contribution in [2.24, 2.45) is 11.7 Å². The van der Waals surface area contributed by atoms with Crippen molar-refractivity contribution in [3.05, 3.63) is 69.1 Å². The molecule has 7 heteroatoms. The van der Waals surface area contributed by atoms with Crippen LogP contribution in [0.3, 0.4) is 0 Å². The fraction of sp³-hybridized carbons (Fsp3) is 0.368. The maximum absolute atomic E-state index is 12.5. The van der Waals surface area contributed by atoms with Gasteiger partial charge in [-0.25, -0.2) is 0 Å². The van der Waals surface area contributed by atoms with E-state index in [0.717, 1.165) is 12.0 Å². The summed E-state index contributed by atoms with van der Waals surface area (Å²) < 4.78 is 1.48. The van der Waals surface area contributed by atoms with E-state index in [4.69, 9.17) is 17.3 Å². The van der Waals surface area contributed by atoms with E-state index in [2.05, 4.69) is 19.2 Å². The van der Waals surface area contributed by atoms with Gasteiger partial charge in [0.05, 0.1) is 12.1 Å². The van der Waals surface area contributed by atoms with Crippen LogP contribution >= 0.6 is 24.0 Å². The molecule has 2 aromatic rings. The summed E-state index contributed by atoms with van der Waals surface area (Å²) in [5, 5.41) is 3.52. The van der Waals surface area contributed by atoms with Crippen molar-refractivity contribution in [1.82, 2.24) is 9.88 Å². The summed E-state index contributed by atoms with van der Waals surface area (Å²) in [4.78, 5) is 24.6. The Morgan fingerprint density at radius 1 is 1.23 bits per heavy atom. The molecule has 3 N–H and O–H groups in total. The number of aromatic nitrogens is 1. The van der Waals surface area contributed by atoms with Crippen LogP contribution in [0.4, 0.5) is 0 Å². The van der Waals surface area contributed by atoms with Crippen LogP contribution in [0.25, 0.3) is 0 Å². The molecule has 0 radical (unpaired) electrons. The van der Waals surface area contributed by atoms with Gasteiger partial charge in [-0.15, -0.1) is 12.4 Å². The summed E-state index contributed by atoms with van der Waals surface area (Å²) in [6.45, 7) is 4.85. The van der Waals surface area contributed by atoms with Gasteiger partial charge in [0, 0.05) is 29.9 Å². The first kappa shape index (κ1) is 22.2. The molecule has 5 nitrogen and oxygen atoms in total. The molecule has 1 aromatic heterocycles. The van der Waals surface area contributed by atoms with Gasteiger partial charge < -0.3 is 15.6 Å². The molecule has 1 aromatic carbocycles. The number of carbonyl (C=O) groups is 1. The van der Waals surface area contributed by atoms with E-state index in [1.54, 1.807) is 12.3 Å². The summed E-state index contributed by atoms with van der Waals surface area (Å²) >= 11 is 6.16. The van der Waals surface area contributed by atoms with E-state index in [9.17, 15) is 9.59 Å². The third-order valence-electron chi connectivity index (χ3n) is 3.92. The van der Waals surface area contributed by atoms with E-state index in [1.165, 1.54) is 16.7 Å². The third kappa shape index (κ3) is 6.16. The molecule has 0 saturated heterocycles. The summed E-state index contributed by atoms with van der Waals surface area (Å²) in [5.41, 5.74) is 6.80. The van der Waals surface area contributed by atoms with Crippen LogP contribution < -0.4 is 16.6 Å². The number of nitrogens with one attached hydrogen (secondary N) is 1. The first-order valence-electron chi connectivity index (χ1n) is 8.35. The Balaban J connectivity index is 0.00000338. The minimum Gasteiger partial charge on any atom is -0.348 e. The van der Waals surface area contributed by atoms with Gasteiger partial charge in [-0.2, -0.15) is 0 Å². The minimum absolute atomic E-state index is 0. The topological polar surface area (TPSA) is 77.1 Å². The molecule has 1 amide bonds. The Morgan fingerprint density at radius 2 is 1.92 bits per heavy atom. The number of benzene rings is 1. The Morgan fingerprint density at radius 3 is 2.54 bits per heavy atom. The Bertz CT molecular complexity index is 790. The zero-order valence-electron chi connectivity index (χ0n) is 14.9. The number of carbonyl (C=O) groups excluding carboxylic acids is 1. The summed E-state index contributed by atoms with van der Waals surface area (Å²) in [5.74, 6) is 0.201. The zero-order chi connectivity index (χ0) is 18.4. The molecule has 0 aliphatic heterocycles. The highest BCUT2D eigenvalue weighted by atomic mass is 35.5. The van der Waals surface area contributed by atoms with Gasteiger partial charge in [-0.3, -0.25) is 9.59 Å². The van der Waals surface area contributed by atoms with Crippen LogP contribution in [-0.2, 0) is 6.54 Å². The van der Waals surface area contributed by atoms with Crippen molar-refractivity contribution < 1.29 is 4.79 Å². The average molecular weight is 398 g/mol. The molecule has 0 fully saturated rings. The Labute approximate surface area is 165 Å². The minimum atomic E-state index is -0.232.